The van der Waals surface area contributed by atoms with Crippen LogP contribution in [0.25, 0.3) is 0 Å². The number of carbonyl (C=O) groups excluding carboxylic acids is 1. The first-order valence-electron chi connectivity index (χ1n) is 8.63. The Hall–Kier alpha value is -2.39. The molecule has 0 saturated carbocycles. The van der Waals surface area contributed by atoms with E-state index in [-0.39, 0.29) is 43.3 Å². The second kappa shape index (κ2) is 8.32. The Morgan fingerprint density at radius 3 is 2.25 bits per heavy atom. The molecule has 2 aromatic rings. The van der Waals surface area contributed by atoms with Crippen molar-refractivity contribution < 1.29 is 31.1 Å². The zero-order chi connectivity index (χ0) is 20.3. The van der Waals surface area contributed by atoms with Crippen molar-refractivity contribution in [3.05, 3.63) is 65.5 Å². The van der Waals surface area contributed by atoms with E-state index in [2.05, 4.69) is 0 Å². The van der Waals surface area contributed by atoms with Crippen molar-refractivity contribution in [3.63, 3.8) is 0 Å². The lowest BCUT2D eigenvalue weighted by Crippen LogP contribution is -2.40. The number of piperidine rings is 1. The van der Waals surface area contributed by atoms with Crippen molar-refractivity contribution in [1.29, 1.82) is 0 Å². The first kappa shape index (κ1) is 20.3. The van der Waals surface area contributed by atoms with Gasteiger partial charge in [0.05, 0.1) is 10.8 Å². The highest BCUT2D eigenvalue weighted by molar-refractivity contribution is 7.89. The van der Waals surface area contributed by atoms with Crippen LogP contribution in [0.2, 0.25) is 0 Å². The van der Waals surface area contributed by atoms with Gasteiger partial charge >= 0.3 is 5.97 Å². The average Bonchev–Trinajstić information content (AvgIpc) is 2.69. The van der Waals surface area contributed by atoms with Crippen molar-refractivity contribution in [2.24, 2.45) is 5.92 Å². The molecule has 0 aromatic heterocycles. The molecule has 9 heteroatoms. The van der Waals surface area contributed by atoms with Crippen LogP contribution in [0.4, 0.5) is 13.2 Å². The van der Waals surface area contributed by atoms with Gasteiger partial charge in [-0.25, -0.2) is 21.6 Å². The first-order valence-corrected chi connectivity index (χ1v) is 10.1. The van der Waals surface area contributed by atoms with Crippen molar-refractivity contribution in [1.82, 2.24) is 4.31 Å². The van der Waals surface area contributed by atoms with E-state index >= 15 is 0 Å². The third-order valence-electron chi connectivity index (χ3n) is 4.61. The summed E-state index contributed by atoms with van der Waals surface area (Å²) in [5, 5.41) is 0. The van der Waals surface area contributed by atoms with E-state index in [0.717, 1.165) is 16.4 Å². The van der Waals surface area contributed by atoms with E-state index < -0.39 is 33.5 Å². The van der Waals surface area contributed by atoms with Gasteiger partial charge in [-0.3, -0.25) is 4.79 Å². The molecule has 0 spiro atoms. The van der Waals surface area contributed by atoms with Crippen molar-refractivity contribution >= 4 is 16.0 Å². The molecule has 1 aliphatic rings. The molecule has 1 fully saturated rings. The van der Waals surface area contributed by atoms with Crippen LogP contribution in [0.1, 0.15) is 18.4 Å². The van der Waals surface area contributed by atoms with Gasteiger partial charge < -0.3 is 4.74 Å². The second-order valence-electron chi connectivity index (χ2n) is 6.49. The smallest absolute Gasteiger partial charge is 0.309 e. The summed E-state index contributed by atoms with van der Waals surface area (Å²) in [6.45, 7) is 0.141. The summed E-state index contributed by atoms with van der Waals surface area (Å²) < 4.78 is 70.7. The summed E-state index contributed by atoms with van der Waals surface area (Å²) in [5.41, 5.74) is 0.646. The van der Waals surface area contributed by atoms with Gasteiger partial charge in [-0.15, -0.1) is 0 Å². The molecule has 0 amide bonds. The zero-order valence-corrected chi connectivity index (χ0v) is 15.6. The number of sulfonamides is 1. The monoisotopic (exact) mass is 413 g/mol. The van der Waals surface area contributed by atoms with E-state index in [0.29, 0.717) is 11.6 Å². The fraction of sp³-hybridized carbons (Fsp3) is 0.316. The molecule has 3 rings (SSSR count). The predicted octanol–water partition coefficient (Wildman–Crippen LogP) is 3.25. The van der Waals surface area contributed by atoms with E-state index in [4.69, 9.17) is 4.74 Å². The van der Waals surface area contributed by atoms with E-state index in [1.54, 1.807) is 0 Å². The molecule has 1 saturated heterocycles. The predicted molar refractivity (Wildman–Crippen MR) is 94.0 cm³/mol. The van der Waals surface area contributed by atoms with Crippen LogP contribution in [-0.2, 0) is 26.2 Å². The average molecular weight is 413 g/mol. The molecular weight excluding hydrogens is 395 g/mol. The number of esters is 1. The van der Waals surface area contributed by atoms with Crippen molar-refractivity contribution in [3.8, 4) is 0 Å². The molecule has 0 N–H and O–H groups in total. The summed E-state index contributed by atoms with van der Waals surface area (Å²) >= 11 is 0. The minimum absolute atomic E-state index is 0.00643. The number of rotatable bonds is 5. The maximum atomic E-state index is 13.4. The quantitative estimate of drug-likeness (QED) is 0.706. The normalized spacial score (nSPS) is 16.1. The third-order valence-corrected chi connectivity index (χ3v) is 6.51. The number of halogens is 3. The Kier molecular flexibility index (Phi) is 6.04. The van der Waals surface area contributed by atoms with Crippen LogP contribution in [0.15, 0.2) is 47.4 Å². The van der Waals surface area contributed by atoms with Crippen LogP contribution < -0.4 is 0 Å². The van der Waals surface area contributed by atoms with Crippen LogP contribution >= 0.6 is 0 Å². The Balaban J connectivity index is 1.56. The highest BCUT2D eigenvalue weighted by Gasteiger charge is 2.33. The number of hydrogen-bond acceptors (Lipinski definition) is 4. The third kappa shape index (κ3) is 4.53. The number of carbonyl (C=O) groups is 1. The molecule has 1 aliphatic heterocycles. The number of nitrogens with zero attached hydrogens (tertiary/aromatic N) is 1. The zero-order valence-electron chi connectivity index (χ0n) is 14.8. The standard InChI is InChI=1S/C19H18F3NO4S/c20-15-3-1-13(2-4-15)12-27-19(24)14-7-9-23(10-8-14)28(25,26)16-5-6-17(21)18(22)11-16/h1-6,11,14H,7-10,12H2. The number of benzene rings is 2. The molecule has 0 radical (unpaired) electrons. The molecule has 150 valence electrons. The SMILES string of the molecule is O=C(OCc1ccc(F)cc1)C1CCN(S(=O)(=O)c2ccc(F)c(F)c2)CC1. The van der Waals surface area contributed by atoms with E-state index in [9.17, 15) is 26.4 Å². The fourth-order valence-corrected chi connectivity index (χ4v) is 4.45. The van der Waals surface area contributed by atoms with Gasteiger partial charge in [0.2, 0.25) is 10.0 Å². The minimum Gasteiger partial charge on any atom is -0.461 e. The van der Waals surface area contributed by atoms with Crippen molar-refractivity contribution in [2.75, 3.05) is 13.1 Å². The summed E-state index contributed by atoms with van der Waals surface area (Å²) in [7, 11) is -3.97. The minimum atomic E-state index is -3.97. The lowest BCUT2D eigenvalue weighted by Gasteiger charge is -2.30. The van der Waals surface area contributed by atoms with Crippen LogP contribution in [0.5, 0.6) is 0 Å². The van der Waals surface area contributed by atoms with Gasteiger partial charge in [-0.1, -0.05) is 12.1 Å². The fourth-order valence-electron chi connectivity index (χ4n) is 2.97. The second-order valence-corrected chi connectivity index (χ2v) is 8.43. The molecule has 28 heavy (non-hydrogen) atoms. The molecular formula is C19H18F3NO4S. The van der Waals surface area contributed by atoms with Gasteiger partial charge in [0.1, 0.15) is 12.4 Å². The first-order chi connectivity index (χ1) is 13.3. The Morgan fingerprint density at radius 1 is 1.00 bits per heavy atom. The van der Waals surface area contributed by atoms with Gasteiger partial charge in [0.25, 0.3) is 0 Å². The lowest BCUT2D eigenvalue weighted by atomic mass is 9.98. The van der Waals surface area contributed by atoms with Gasteiger partial charge in [0, 0.05) is 13.1 Å². The summed E-state index contributed by atoms with van der Waals surface area (Å²) in [5.74, 6) is -3.65. The molecule has 0 bridgehead atoms. The topological polar surface area (TPSA) is 63.7 Å². The summed E-state index contributed by atoms with van der Waals surface area (Å²) in [6, 6.07) is 7.99. The van der Waals surface area contributed by atoms with Gasteiger partial charge in [-0.2, -0.15) is 4.31 Å². The summed E-state index contributed by atoms with van der Waals surface area (Å²) in [6.07, 6.45) is 0.510. The molecule has 0 atom stereocenters. The number of ether oxygens (including phenoxy) is 1. The highest BCUT2D eigenvalue weighted by Crippen LogP contribution is 2.25. The molecule has 0 aliphatic carbocycles. The van der Waals surface area contributed by atoms with E-state index in [1.807, 2.05) is 0 Å². The largest absolute Gasteiger partial charge is 0.461 e. The van der Waals surface area contributed by atoms with Gasteiger partial charge in [0.15, 0.2) is 11.6 Å². The van der Waals surface area contributed by atoms with Crippen LogP contribution in [0.3, 0.4) is 0 Å². The molecule has 0 unspecified atom stereocenters. The van der Waals surface area contributed by atoms with Crippen LogP contribution in [0, 0.1) is 23.4 Å². The van der Waals surface area contributed by atoms with Gasteiger partial charge in [-0.05, 0) is 48.7 Å². The van der Waals surface area contributed by atoms with E-state index in [1.165, 1.54) is 24.3 Å². The molecule has 5 nitrogen and oxygen atoms in total. The Bertz CT molecular complexity index is 956. The number of hydrogen-bond donors (Lipinski definition) is 0. The summed E-state index contributed by atoms with van der Waals surface area (Å²) in [4.78, 5) is 11.9. The Labute approximate surface area is 160 Å². The lowest BCUT2D eigenvalue weighted by molar-refractivity contribution is -0.151. The highest BCUT2D eigenvalue weighted by atomic mass is 32.2. The van der Waals surface area contributed by atoms with Crippen LogP contribution in [-0.4, -0.2) is 31.8 Å². The van der Waals surface area contributed by atoms with Crippen molar-refractivity contribution in [2.45, 2.75) is 24.3 Å². The maximum absolute atomic E-state index is 13.4. The Morgan fingerprint density at radius 2 is 1.64 bits per heavy atom. The molecule has 1 heterocycles. The molecule has 2 aromatic carbocycles. The maximum Gasteiger partial charge on any atom is 0.309 e.